The minimum Gasteiger partial charge on any atom is -0.365 e. The standard InChI is InChI=1S/C17H19N7O3S/c1-2-9-28(26,27)24-12-5-3-11(4-6-12)15-14(16(18)25)17(23-22-15)21-13-10-19-7-8-20-13/h3-8,10,24H,2,9H2,1H3,(H2,18,25)(H2,20,21,22,23). The van der Waals surface area contributed by atoms with Crippen LogP contribution in [0, 0.1) is 0 Å². The van der Waals surface area contributed by atoms with E-state index in [-0.39, 0.29) is 17.1 Å². The Morgan fingerprint density at radius 2 is 1.96 bits per heavy atom. The molecule has 3 aromatic rings. The van der Waals surface area contributed by atoms with Crippen LogP contribution in [-0.2, 0) is 10.0 Å². The van der Waals surface area contributed by atoms with Crippen LogP contribution in [0.25, 0.3) is 11.3 Å². The number of aromatic amines is 1. The first kappa shape index (κ1) is 19.3. The summed E-state index contributed by atoms with van der Waals surface area (Å²) in [6.07, 6.45) is 5.02. The molecule has 0 fully saturated rings. The van der Waals surface area contributed by atoms with Gasteiger partial charge in [0.2, 0.25) is 10.0 Å². The van der Waals surface area contributed by atoms with E-state index >= 15 is 0 Å². The molecule has 0 saturated heterocycles. The number of nitrogens with two attached hydrogens (primary N) is 1. The number of sulfonamides is 1. The zero-order valence-corrected chi connectivity index (χ0v) is 15.8. The van der Waals surface area contributed by atoms with E-state index in [0.29, 0.717) is 29.2 Å². The average Bonchev–Trinajstić information content (AvgIpc) is 3.06. The molecule has 0 aliphatic rings. The van der Waals surface area contributed by atoms with E-state index in [1.54, 1.807) is 31.2 Å². The first-order valence-corrected chi connectivity index (χ1v) is 10.1. The maximum atomic E-state index is 12.0. The van der Waals surface area contributed by atoms with Gasteiger partial charge < -0.3 is 11.1 Å². The van der Waals surface area contributed by atoms with Crippen molar-refractivity contribution in [2.24, 2.45) is 5.73 Å². The van der Waals surface area contributed by atoms with Crippen LogP contribution in [0.3, 0.4) is 0 Å². The molecular weight excluding hydrogens is 382 g/mol. The van der Waals surface area contributed by atoms with Gasteiger partial charge >= 0.3 is 0 Å². The largest absolute Gasteiger partial charge is 0.365 e. The molecule has 5 N–H and O–H groups in total. The third-order valence-electron chi connectivity index (χ3n) is 3.74. The summed E-state index contributed by atoms with van der Waals surface area (Å²) in [4.78, 5) is 20.0. The molecule has 3 rings (SSSR count). The third kappa shape index (κ3) is 4.43. The van der Waals surface area contributed by atoms with Gasteiger partial charge in [0.15, 0.2) is 5.82 Å². The van der Waals surface area contributed by atoms with E-state index in [2.05, 4.69) is 30.2 Å². The predicted molar refractivity (Wildman–Crippen MR) is 106 cm³/mol. The van der Waals surface area contributed by atoms with Gasteiger partial charge in [0.1, 0.15) is 11.4 Å². The first-order chi connectivity index (χ1) is 13.4. The highest BCUT2D eigenvalue weighted by molar-refractivity contribution is 7.92. The topological polar surface area (TPSA) is 156 Å². The van der Waals surface area contributed by atoms with Crippen molar-refractivity contribution in [1.82, 2.24) is 20.2 Å². The second-order valence-electron chi connectivity index (χ2n) is 5.90. The van der Waals surface area contributed by atoms with E-state index in [4.69, 9.17) is 5.73 Å². The Morgan fingerprint density at radius 3 is 2.57 bits per heavy atom. The van der Waals surface area contributed by atoms with E-state index < -0.39 is 15.9 Å². The van der Waals surface area contributed by atoms with Crippen LogP contribution in [0.15, 0.2) is 42.9 Å². The van der Waals surface area contributed by atoms with Gasteiger partial charge in [-0.2, -0.15) is 5.10 Å². The van der Waals surface area contributed by atoms with Crippen LogP contribution >= 0.6 is 0 Å². The van der Waals surface area contributed by atoms with Crippen LogP contribution in [0.1, 0.15) is 23.7 Å². The minimum atomic E-state index is -3.38. The SMILES string of the molecule is CCCS(=O)(=O)Nc1ccc(-c2[nH]nc(Nc3cnccn3)c2C(N)=O)cc1. The fraction of sp³-hybridized carbons (Fsp3) is 0.176. The number of aromatic nitrogens is 4. The Labute approximate surface area is 161 Å². The highest BCUT2D eigenvalue weighted by Gasteiger charge is 2.20. The molecule has 146 valence electrons. The Bertz CT molecular complexity index is 1060. The molecule has 0 saturated carbocycles. The molecule has 10 nitrogen and oxygen atoms in total. The molecule has 11 heteroatoms. The zero-order valence-electron chi connectivity index (χ0n) is 15.0. The van der Waals surface area contributed by atoms with Crippen molar-refractivity contribution in [1.29, 1.82) is 0 Å². The molecule has 0 aliphatic carbocycles. The van der Waals surface area contributed by atoms with Crippen molar-refractivity contribution in [2.75, 3.05) is 15.8 Å². The third-order valence-corrected chi connectivity index (χ3v) is 5.23. The summed E-state index contributed by atoms with van der Waals surface area (Å²) in [5, 5.41) is 9.77. The summed E-state index contributed by atoms with van der Waals surface area (Å²) in [5.74, 6) is -0.0132. The number of nitrogens with zero attached hydrogens (tertiary/aromatic N) is 3. The number of amides is 1. The second-order valence-corrected chi connectivity index (χ2v) is 7.74. The molecule has 1 amide bonds. The second kappa shape index (κ2) is 8.05. The molecule has 0 atom stereocenters. The molecular formula is C17H19N7O3S. The molecule has 0 aliphatic heterocycles. The maximum absolute atomic E-state index is 12.0. The normalized spacial score (nSPS) is 11.2. The zero-order chi connectivity index (χ0) is 20.1. The number of primary amides is 1. The van der Waals surface area contributed by atoms with Gasteiger partial charge in [-0.1, -0.05) is 19.1 Å². The van der Waals surface area contributed by atoms with Crippen LogP contribution in [0.2, 0.25) is 0 Å². The highest BCUT2D eigenvalue weighted by Crippen LogP contribution is 2.29. The molecule has 1 aromatic carbocycles. The number of benzene rings is 1. The van der Waals surface area contributed by atoms with Crippen molar-refractivity contribution in [3.8, 4) is 11.3 Å². The van der Waals surface area contributed by atoms with Gasteiger partial charge in [0.25, 0.3) is 5.91 Å². The van der Waals surface area contributed by atoms with Gasteiger partial charge in [0.05, 0.1) is 17.6 Å². The number of anilines is 3. The van der Waals surface area contributed by atoms with Gasteiger partial charge in [-0.15, -0.1) is 0 Å². The number of rotatable bonds is 8. The van der Waals surface area contributed by atoms with Gasteiger partial charge in [0, 0.05) is 23.6 Å². The maximum Gasteiger partial charge on any atom is 0.254 e. The number of hydrogen-bond acceptors (Lipinski definition) is 7. The van der Waals surface area contributed by atoms with Gasteiger partial charge in [-0.05, 0) is 18.6 Å². The summed E-state index contributed by atoms with van der Waals surface area (Å²) in [7, 11) is -3.38. The van der Waals surface area contributed by atoms with Crippen LogP contribution in [0.5, 0.6) is 0 Å². The molecule has 0 unspecified atom stereocenters. The summed E-state index contributed by atoms with van der Waals surface area (Å²) in [5.41, 5.74) is 7.14. The first-order valence-electron chi connectivity index (χ1n) is 8.41. The van der Waals surface area contributed by atoms with Crippen LogP contribution in [-0.4, -0.2) is 40.2 Å². The molecule has 0 bridgehead atoms. The van der Waals surface area contributed by atoms with E-state index in [9.17, 15) is 13.2 Å². The number of nitrogens with one attached hydrogen (secondary N) is 3. The Balaban J connectivity index is 1.88. The number of H-pyrrole nitrogens is 1. The molecule has 0 spiro atoms. The quantitative estimate of drug-likeness (QED) is 0.449. The smallest absolute Gasteiger partial charge is 0.254 e. The lowest BCUT2D eigenvalue weighted by Crippen LogP contribution is -2.16. The van der Waals surface area contributed by atoms with Crippen LogP contribution in [0.4, 0.5) is 17.3 Å². The molecule has 0 radical (unpaired) electrons. The van der Waals surface area contributed by atoms with Gasteiger partial charge in [-0.25, -0.2) is 13.4 Å². The highest BCUT2D eigenvalue weighted by atomic mass is 32.2. The fourth-order valence-corrected chi connectivity index (χ4v) is 3.71. The molecule has 2 heterocycles. The summed E-state index contributed by atoms with van der Waals surface area (Å²) in [6, 6.07) is 6.53. The molecule has 2 aromatic heterocycles. The number of carbonyl (C=O) groups excluding carboxylic acids is 1. The van der Waals surface area contributed by atoms with Crippen molar-refractivity contribution in [3.05, 3.63) is 48.4 Å². The Morgan fingerprint density at radius 1 is 1.21 bits per heavy atom. The number of hydrogen-bond donors (Lipinski definition) is 4. The van der Waals surface area contributed by atoms with Crippen LogP contribution < -0.4 is 15.8 Å². The monoisotopic (exact) mass is 401 g/mol. The van der Waals surface area contributed by atoms with Crippen molar-refractivity contribution < 1.29 is 13.2 Å². The predicted octanol–water partition coefficient (Wildman–Crippen LogP) is 1.86. The average molecular weight is 401 g/mol. The van der Waals surface area contributed by atoms with Crippen molar-refractivity contribution >= 4 is 33.3 Å². The van der Waals surface area contributed by atoms with Crippen molar-refractivity contribution in [2.45, 2.75) is 13.3 Å². The summed E-state index contributed by atoms with van der Waals surface area (Å²) >= 11 is 0. The Kier molecular flexibility index (Phi) is 5.54. The summed E-state index contributed by atoms with van der Waals surface area (Å²) < 4.78 is 26.2. The van der Waals surface area contributed by atoms with E-state index in [1.165, 1.54) is 18.6 Å². The lowest BCUT2D eigenvalue weighted by atomic mass is 10.1. The fourth-order valence-electron chi connectivity index (χ4n) is 2.57. The van der Waals surface area contributed by atoms with E-state index in [1.807, 2.05) is 0 Å². The van der Waals surface area contributed by atoms with Crippen molar-refractivity contribution in [3.63, 3.8) is 0 Å². The van der Waals surface area contributed by atoms with E-state index in [0.717, 1.165) is 0 Å². The summed E-state index contributed by atoms with van der Waals surface area (Å²) in [6.45, 7) is 1.79. The number of carbonyl (C=O) groups is 1. The minimum absolute atomic E-state index is 0.0402. The lowest BCUT2D eigenvalue weighted by molar-refractivity contribution is 0.100. The van der Waals surface area contributed by atoms with Gasteiger partial charge in [-0.3, -0.25) is 19.6 Å². The lowest BCUT2D eigenvalue weighted by Gasteiger charge is -2.08. The Hall–Kier alpha value is -3.47. The molecule has 28 heavy (non-hydrogen) atoms.